The molecular weight excluding hydrogens is 207 g/mol. The Morgan fingerprint density at radius 2 is 1.70 bits per heavy atom. The van der Waals surface area contributed by atoms with Crippen LogP contribution in [0.5, 0.6) is 0 Å². The quantitative estimate of drug-likeness (QED) is 0.394. The van der Waals surface area contributed by atoms with E-state index < -0.39 is 5.91 Å². The van der Waals surface area contributed by atoms with Crippen LogP contribution >= 0.6 is 0 Å². The molecule has 0 saturated carbocycles. The summed E-state index contributed by atoms with van der Waals surface area (Å²) in [6, 6.07) is 0. The van der Waals surface area contributed by atoms with Crippen molar-refractivity contribution in [2.75, 3.05) is 0 Å². The van der Waals surface area contributed by atoms with Gasteiger partial charge in [-0.3, -0.25) is 16.6 Å². The van der Waals surface area contributed by atoms with Gasteiger partial charge in [0.05, 0.1) is 0 Å². The molecule has 58 valence electrons. The first-order chi connectivity index (χ1) is 3.18. The van der Waals surface area contributed by atoms with E-state index in [9.17, 15) is 4.79 Å². The van der Waals surface area contributed by atoms with Crippen LogP contribution in [0.25, 0.3) is 0 Å². The van der Waals surface area contributed by atoms with Gasteiger partial charge in [0.2, 0.25) is 0 Å². The zero-order valence-corrected chi connectivity index (χ0v) is 9.77. The first-order valence-corrected chi connectivity index (χ1v) is 1.93. The number of hydroxylamine groups is 1. The second kappa shape index (κ2) is 12.1. The number of amides is 1. The largest absolute Gasteiger partial charge is 3.00 e. The Bertz CT molecular complexity index is 76.1. The van der Waals surface area contributed by atoms with Crippen LogP contribution in [0.1, 0.15) is 13.8 Å². The molecule has 3 nitrogen and oxygen atoms in total. The molecule has 0 aromatic carbocycles. The minimum atomic E-state index is -0.431. The number of nitrogens with one attached hydrogen (secondary N) is 1. The summed E-state index contributed by atoms with van der Waals surface area (Å²) < 4.78 is 0. The van der Waals surface area contributed by atoms with Crippen molar-refractivity contribution in [1.29, 1.82) is 0 Å². The normalized spacial score (nSPS) is 5.50. The molecule has 0 aromatic heterocycles. The van der Waals surface area contributed by atoms with Crippen LogP contribution in [0.3, 0.4) is 0 Å². The smallest absolute Gasteiger partial charge is 0.358 e. The van der Waals surface area contributed by atoms with Crippen molar-refractivity contribution in [2.24, 2.45) is 0 Å². The summed E-state index contributed by atoms with van der Waals surface area (Å²) in [7, 11) is 0. The van der Waals surface area contributed by atoms with Gasteiger partial charge in [-0.25, -0.2) is 0 Å². The molecule has 0 atom stereocenters. The predicted octanol–water partition coefficient (Wildman–Crippen LogP) is 1.00. The summed E-state index contributed by atoms with van der Waals surface area (Å²) in [5.41, 5.74) is 1.49. The van der Waals surface area contributed by atoms with Gasteiger partial charge in [-0.05, 0) is 0 Å². The van der Waals surface area contributed by atoms with Gasteiger partial charge in [0.25, 0.3) is 0 Å². The maximum Gasteiger partial charge on any atom is 3.00 e. The molecule has 0 unspecified atom stereocenters. The molecule has 1 amide bonds. The van der Waals surface area contributed by atoms with Gasteiger partial charge >= 0.3 is 32.7 Å². The third-order valence-corrected chi connectivity index (χ3v) is 0.556. The summed E-state index contributed by atoms with van der Waals surface area (Å²) in [5.74, 6) is 0.113. The molecular formula is C6H14NO2Y. The maximum atomic E-state index is 10.1. The Labute approximate surface area is 88.4 Å². The third-order valence-electron chi connectivity index (χ3n) is 0.556. The number of carbonyl (C=O) groups excluding carboxylic acids is 1. The van der Waals surface area contributed by atoms with Crippen molar-refractivity contribution >= 4 is 5.91 Å². The van der Waals surface area contributed by atoms with Crippen LogP contribution in [0.15, 0.2) is 0 Å². The van der Waals surface area contributed by atoms with Crippen LogP contribution in [0.4, 0.5) is 0 Å². The fraction of sp³-hybridized carbons (Fsp3) is 0.333. The molecule has 0 spiro atoms. The number of rotatable bonds is 1. The standard InChI is InChI=1S/C4H8NO2.2CH3.Y/c1-3(2)4(6)5-7;;;/h7H,1-2H3,(H,5,6);2*1H3;/q3*-1;+3. The predicted molar refractivity (Wildman–Crippen MR) is 37.3 cm³/mol. The molecule has 0 aromatic rings. The van der Waals surface area contributed by atoms with Crippen molar-refractivity contribution in [2.45, 2.75) is 13.8 Å². The third kappa shape index (κ3) is 11.2. The molecule has 0 rings (SSSR count). The Morgan fingerprint density at radius 3 is 1.70 bits per heavy atom. The Morgan fingerprint density at radius 1 is 1.40 bits per heavy atom. The zero-order valence-electron chi connectivity index (χ0n) is 6.93. The molecule has 0 heterocycles. The molecule has 0 aliphatic rings. The number of carbonyl (C=O) groups is 1. The van der Waals surface area contributed by atoms with E-state index in [0.717, 1.165) is 0 Å². The van der Waals surface area contributed by atoms with E-state index >= 15 is 0 Å². The molecule has 0 fully saturated rings. The van der Waals surface area contributed by atoms with Gasteiger partial charge in [0.1, 0.15) is 5.91 Å². The van der Waals surface area contributed by atoms with Gasteiger partial charge in [0.15, 0.2) is 0 Å². The van der Waals surface area contributed by atoms with Crippen LogP contribution in [0, 0.1) is 20.8 Å². The van der Waals surface area contributed by atoms with Crippen LogP contribution < -0.4 is 5.48 Å². The summed E-state index contributed by atoms with van der Waals surface area (Å²) in [6.07, 6.45) is 0. The summed E-state index contributed by atoms with van der Waals surface area (Å²) in [4.78, 5) is 10.1. The number of hydrogen-bond donors (Lipinski definition) is 2. The molecule has 0 bridgehead atoms. The average Bonchev–Trinajstić information content (AvgIpc) is 1.65. The fourth-order valence-corrected chi connectivity index (χ4v) is 0.112. The molecule has 0 aliphatic heterocycles. The summed E-state index contributed by atoms with van der Waals surface area (Å²) >= 11 is 0. The fourth-order valence-electron chi connectivity index (χ4n) is 0.112. The van der Waals surface area contributed by atoms with E-state index in [2.05, 4.69) is 0 Å². The first-order valence-electron chi connectivity index (χ1n) is 1.93. The van der Waals surface area contributed by atoms with Crippen molar-refractivity contribution in [3.05, 3.63) is 20.8 Å². The maximum absolute atomic E-state index is 10.1. The molecule has 2 N–H and O–H groups in total. The minimum absolute atomic E-state index is 0. The molecule has 0 saturated heterocycles. The average molecular weight is 221 g/mol. The van der Waals surface area contributed by atoms with Gasteiger partial charge < -0.3 is 19.6 Å². The minimum Gasteiger partial charge on any atom is -0.358 e. The summed E-state index contributed by atoms with van der Waals surface area (Å²) in [6.45, 7) is 3.23. The topological polar surface area (TPSA) is 49.3 Å². The summed E-state index contributed by atoms with van der Waals surface area (Å²) in [5, 5.41) is 7.88. The second-order valence-electron chi connectivity index (χ2n) is 1.44. The van der Waals surface area contributed by atoms with E-state index in [0.29, 0.717) is 5.92 Å². The van der Waals surface area contributed by atoms with E-state index in [1.807, 2.05) is 0 Å². The first kappa shape index (κ1) is 22.4. The van der Waals surface area contributed by atoms with Crippen LogP contribution in [-0.4, -0.2) is 11.1 Å². The van der Waals surface area contributed by atoms with Crippen molar-refractivity contribution in [1.82, 2.24) is 5.48 Å². The van der Waals surface area contributed by atoms with E-state index in [1.165, 1.54) is 5.48 Å². The monoisotopic (exact) mass is 221 g/mol. The molecule has 0 aliphatic carbocycles. The Hall–Kier alpha value is 0.404. The van der Waals surface area contributed by atoms with Crippen LogP contribution in [-0.2, 0) is 37.5 Å². The van der Waals surface area contributed by atoms with Gasteiger partial charge in [0, 0.05) is 0 Å². The number of hydrogen-bond acceptors (Lipinski definition) is 2. The van der Waals surface area contributed by atoms with Crippen molar-refractivity contribution < 1.29 is 42.7 Å². The molecule has 10 heavy (non-hydrogen) atoms. The molecule has 4 heteroatoms. The zero-order chi connectivity index (χ0) is 5.86. The van der Waals surface area contributed by atoms with Crippen molar-refractivity contribution in [3.63, 3.8) is 0 Å². The van der Waals surface area contributed by atoms with E-state index in [-0.39, 0.29) is 47.6 Å². The van der Waals surface area contributed by atoms with E-state index in [4.69, 9.17) is 5.21 Å². The van der Waals surface area contributed by atoms with Crippen LogP contribution in [0.2, 0.25) is 0 Å². The van der Waals surface area contributed by atoms with Gasteiger partial charge in [-0.2, -0.15) is 13.8 Å². The van der Waals surface area contributed by atoms with E-state index in [1.54, 1.807) is 13.8 Å². The van der Waals surface area contributed by atoms with Crippen molar-refractivity contribution in [3.8, 4) is 0 Å². The Kier molecular flexibility index (Phi) is 27.2. The van der Waals surface area contributed by atoms with Gasteiger partial charge in [-0.1, -0.05) is 0 Å². The molecule has 0 radical (unpaired) electrons. The SMILES string of the molecule is C[C-](C)C(=O)NO.[CH3-].[CH3-].[Y+3]. The Balaban J connectivity index is -0.0000000600. The van der Waals surface area contributed by atoms with Gasteiger partial charge in [-0.15, -0.1) is 0 Å². The second-order valence-corrected chi connectivity index (χ2v) is 1.44.